The second-order valence-corrected chi connectivity index (χ2v) is 4.61. The first-order chi connectivity index (χ1) is 7.37. The molecule has 0 saturated heterocycles. The fourth-order valence-corrected chi connectivity index (χ4v) is 1.54. The number of rotatable bonds is 8. The van der Waals surface area contributed by atoms with Gasteiger partial charge in [0.1, 0.15) is 5.84 Å². The van der Waals surface area contributed by atoms with E-state index in [2.05, 4.69) is 10.5 Å². The van der Waals surface area contributed by atoms with E-state index in [1.165, 1.54) is 0 Å². The summed E-state index contributed by atoms with van der Waals surface area (Å²) in [5.74, 6) is 0.238. The molecule has 16 heavy (non-hydrogen) atoms. The van der Waals surface area contributed by atoms with Gasteiger partial charge < -0.3 is 26.3 Å². The van der Waals surface area contributed by atoms with Gasteiger partial charge in [0.25, 0.3) is 0 Å². The summed E-state index contributed by atoms with van der Waals surface area (Å²) in [4.78, 5) is 1.94. The zero-order valence-corrected chi connectivity index (χ0v) is 10.4. The molecule has 6 nitrogen and oxygen atoms in total. The molecule has 0 aliphatic rings. The third-order valence-corrected chi connectivity index (χ3v) is 2.08. The summed E-state index contributed by atoms with van der Waals surface area (Å²) in [6.07, 6.45) is 1.34. The number of nitrogens with zero attached hydrogens (tertiary/aromatic N) is 2. The first kappa shape index (κ1) is 15.2. The summed E-state index contributed by atoms with van der Waals surface area (Å²) in [6.45, 7) is 3.67. The van der Waals surface area contributed by atoms with Crippen LogP contribution in [0.25, 0.3) is 0 Å². The zero-order valence-electron chi connectivity index (χ0n) is 10.4. The molecule has 0 aliphatic carbocycles. The minimum absolute atomic E-state index is 0.238. The van der Waals surface area contributed by atoms with E-state index >= 15 is 0 Å². The Labute approximate surface area is 97.1 Å². The number of amidine groups is 1. The van der Waals surface area contributed by atoms with Gasteiger partial charge in [0.15, 0.2) is 0 Å². The smallest absolute Gasteiger partial charge is 0.139 e. The molecular formula is C10H24N4O2. The zero-order chi connectivity index (χ0) is 12.6. The van der Waals surface area contributed by atoms with Crippen LogP contribution in [0.5, 0.6) is 0 Å². The largest absolute Gasteiger partial charge is 0.409 e. The van der Waals surface area contributed by atoms with Crippen molar-refractivity contribution in [1.82, 2.24) is 10.2 Å². The third kappa shape index (κ3) is 8.46. The molecule has 0 fully saturated rings. The van der Waals surface area contributed by atoms with Crippen LogP contribution in [0.2, 0.25) is 0 Å². The maximum atomic E-state index is 9.95. The summed E-state index contributed by atoms with van der Waals surface area (Å²) >= 11 is 0. The van der Waals surface area contributed by atoms with Crippen molar-refractivity contribution in [2.24, 2.45) is 10.9 Å². The number of nitrogens with two attached hydrogens (primary N) is 1. The predicted molar refractivity (Wildman–Crippen MR) is 64.7 cm³/mol. The molecule has 1 unspecified atom stereocenters. The molecule has 0 aromatic carbocycles. The summed E-state index contributed by atoms with van der Waals surface area (Å²) in [5.41, 5.74) is 4.59. The lowest BCUT2D eigenvalue weighted by Gasteiger charge is -2.27. The summed E-state index contributed by atoms with van der Waals surface area (Å²) in [5, 5.41) is 24.3. The molecule has 6 heteroatoms. The van der Waals surface area contributed by atoms with Crippen LogP contribution in [0.3, 0.4) is 0 Å². The molecule has 1 atom stereocenters. The van der Waals surface area contributed by atoms with Gasteiger partial charge in [-0.1, -0.05) is 5.16 Å². The highest BCUT2D eigenvalue weighted by atomic mass is 16.4. The average molecular weight is 232 g/mol. The molecule has 0 aliphatic heterocycles. The standard InChI is InChI=1S/C10H24N4O2/c1-10(15,8-14(2)3)7-12-6-4-5-9(11)13-16/h12,15-16H,4-8H2,1-3H3,(H2,11,13). The Kier molecular flexibility index (Phi) is 7.03. The Hall–Kier alpha value is -0.850. The van der Waals surface area contributed by atoms with Crippen LogP contribution in [0, 0.1) is 0 Å². The Morgan fingerprint density at radius 2 is 2.12 bits per heavy atom. The Morgan fingerprint density at radius 3 is 2.62 bits per heavy atom. The second-order valence-electron chi connectivity index (χ2n) is 4.61. The number of hydrogen-bond acceptors (Lipinski definition) is 5. The van der Waals surface area contributed by atoms with Crippen LogP contribution in [0.15, 0.2) is 5.16 Å². The van der Waals surface area contributed by atoms with E-state index in [-0.39, 0.29) is 5.84 Å². The van der Waals surface area contributed by atoms with E-state index in [4.69, 9.17) is 10.9 Å². The number of aliphatic hydroxyl groups is 1. The molecule has 96 valence electrons. The summed E-state index contributed by atoms with van der Waals surface area (Å²) in [7, 11) is 3.85. The topological polar surface area (TPSA) is 94.1 Å². The van der Waals surface area contributed by atoms with Crippen molar-refractivity contribution >= 4 is 5.84 Å². The first-order valence-electron chi connectivity index (χ1n) is 5.41. The highest BCUT2D eigenvalue weighted by molar-refractivity contribution is 5.79. The van der Waals surface area contributed by atoms with E-state index < -0.39 is 5.60 Å². The van der Waals surface area contributed by atoms with Crippen LogP contribution >= 0.6 is 0 Å². The van der Waals surface area contributed by atoms with E-state index in [9.17, 15) is 5.11 Å². The van der Waals surface area contributed by atoms with Gasteiger partial charge in [-0.25, -0.2) is 0 Å². The molecule has 0 aromatic rings. The molecular weight excluding hydrogens is 208 g/mol. The number of hydrogen-bond donors (Lipinski definition) is 4. The van der Waals surface area contributed by atoms with Crippen molar-refractivity contribution in [3.63, 3.8) is 0 Å². The van der Waals surface area contributed by atoms with E-state index in [1.807, 2.05) is 19.0 Å². The van der Waals surface area contributed by atoms with E-state index in [1.54, 1.807) is 6.92 Å². The van der Waals surface area contributed by atoms with E-state index in [0.717, 1.165) is 13.0 Å². The monoisotopic (exact) mass is 232 g/mol. The Morgan fingerprint density at radius 1 is 1.50 bits per heavy atom. The lowest BCUT2D eigenvalue weighted by molar-refractivity contribution is 0.0340. The van der Waals surface area contributed by atoms with Gasteiger partial charge in [0.2, 0.25) is 0 Å². The van der Waals surface area contributed by atoms with Gasteiger partial charge in [-0.2, -0.15) is 0 Å². The lowest BCUT2D eigenvalue weighted by atomic mass is 10.1. The maximum Gasteiger partial charge on any atom is 0.139 e. The van der Waals surface area contributed by atoms with Crippen LogP contribution in [0.1, 0.15) is 19.8 Å². The van der Waals surface area contributed by atoms with Crippen molar-refractivity contribution in [2.45, 2.75) is 25.4 Å². The second kappa shape index (κ2) is 7.43. The number of likely N-dealkylation sites (N-methyl/N-ethyl adjacent to an activating group) is 1. The fourth-order valence-electron chi connectivity index (χ4n) is 1.54. The summed E-state index contributed by atoms with van der Waals surface area (Å²) in [6, 6.07) is 0. The normalized spacial score (nSPS) is 16.4. The predicted octanol–water partition coefficient (Wildman–Crippen LogP) is -0.585. The summed E-state index contributed by atoms with van der Waals surface area (Å²) < 4.78 is 0. The van der Waals surface area contributed by atoms with Gasteiger partial charge in [-0.15, -0.1) is 0 Å². The lowest BCUT2D eigenvalue weighted by Crippen LogP contribution is -2.45. The Balaban J connectivity index is 3.58. The molecule has 0 aromatic heterocycles. The minimum Gasteiger partial charge on any atom is -0.409 e. The van der Waals surface area contributed by atoms with Crippen LogP contribution in [-0.2, 0) is 0 Å². The molecule has 0 spiro atoms. The van der Waals surface area contributed by atoms with Crippen molar-refractivity contribution < 1.29 is 10.3 Å². The molecule has 0 radical (unpaired) electrons. The molecule has 0 rings (SSSR count). The van der Waals surface area contributed by atoms with Gasteiger partial charge in [-0.3, -0.25) is 0 Å². The highest BCUT2D eigenvalue weighted by Crippen LogP contribution is 2.02. The number of nitrogens with one attached hydrogen (secondary N) is 1. The molecule has 0 saturated carbocycles. The molecule has 5 N–H and O–H groups in total. The molecule has 0 amide bonds. The Bertz CT molecular complexity index is 217. The van der Waals surface area contributed by atoms with Crippen LogP contribution in [0.4, 0.5) is 0 Å². The van der Waals surface area contributed by atoms with Crippen molar-refractivity contribution in [2.75, 3.05) is 33.7 Å². The van der Waals surface area contributed by atoms with Gasteiger partial charge in [-0.05, 0) is 34.0 Å². The van der Waals surface area contributed by atoms with Gasteiger partial charge in [0, 0.05) is 19.5 Å². The van der Waals surface area contributed by atoms with Gasteiger partial charge >= 0.3 is 0 Å². The SMILES string of the molecule is CN(C)CC(C)(O)CNCCCC(N)=NO. The van der Waals surface area contributed by atoms with Crippen molar-refractivity contribution in [1.29, 1.82) is 0 Å². The fraction of sp³-hybridized carbons (Fsp3) is 0.900. The quantitative estimate of drug-likeness (QED) is 0.148. The van der Waals surface area contributed by atoms with Crippen LogP contribution < -0.4 is 11.1 Å². The average Bonchev–Trinajstić information content (AvgIpc) is 2.14. The van der Waals surface area contributed by atoms with Crippen molar-refractivity contribution in [3.8, 4) is 0 Å². The molecule has 0 bridgehead atoms. The minimum atomic E-state index is -0.736. The maximum absolute atomic E-state index is 9.95. The third-order valence-electron chi connectivity index (χ3n) is 2.08. The van der Waals surface area contributed by atoms with Crippen molar-refractivity contribution in [3.05, 3.63) is 0 Å². The molecule has 0 heterocycles. The highest BCUT2D eigenvalue weighted by Gasteiger charge is 2.20. The van der Waals surface area contributed by atoms with Gasteiger partial charge in [0.05, 0.1) is 5.60 Å². The van der Waals surface area contributed by atoms with E-state index in [0.29, 0.717) is 19.5 Å². The first-order valence-corrected chi connectivity index (χ1v) is 5.41. The van der Waals surface area contributed by atoms with Crippen LogP contribution in [-0.4, -0.2) is 60.4 Å². The number of oxime groups is 1.